The number of rotatable bonds is 1. The van der Waals surface area contributed by atoms with Crippen molar-refractivity contribution in [1.29, 1.82) is 0 Å². The van der Waals surface area contributed by atoms with Crippen LogP contribution in [0.3, 0.4) is 0 Å². The second-order valence-electron chi connectivity index (χ2n) is 1.99. The van der Waals surface area contributed by atoms with Crippen molar-refractivity contribution >= 4 is 5.69 Å². The summed E-state index contributed by atoms with van der Waals surface area (Å²) in [5.41, 5.74) is 7.50. The van der Waals surface area contributed by atoms with Crippen LogP contribution in [0.5, 0.6) is 0 Å². The summed E-state index contributed by atoms with van der Waals surface area (Å²) < 4.78 is 0. The van der Waals surface area contributed by atoms with Gasteiger partial charge in [-0.3, -0.25) is 0 Å². The van der Waals surface area contributed by atoms with Crippen LogP contribution in [0.2, 0.25) is 0 Å². The zero-order valence-electron chi connectivity index (χ0n) is 5.30. The zero-order chi connectivity index (χ0) is 6.69. The molecule has 0 saturated heterocycles. The van der Waals surface area contributed by atoms with Gasteiger partial charge in [0.2, 0.25) is 0 Å². The van der Waals surface area contributed by atoms with Gasteiger partial charge in [-0.2, -0.15) is 0 Å². The Kier molecular flexibility index (Phi) is 1.63. The van der Waals surface area contributed by atoms with Gasteiger partial charge in [-0.15, -0.1) is 0 Å². The van der Waals surface area contributed by atoms with Crippen molar-refractivity contribution in [3.63, 3.8) is 0 Å². The normalized spacial score (nSPS) is 9.33. The Morgan fingerprint density at radius 1 is 1.22 bits per heavy atom. The van der Waals surface area contributed by atoms with Crippen molar-refractivity contribution in [2.24, 2.45) is 0 Å². The van der Waals surface area contributed by atoms with Gasteiger partial charge in [0.25, 0.3) is 0 Å². The summed E-state index contributed by atoms with van der Waals surface area (Å²) in [5, 5.41) is 0. The summed E-state index contributed by atoms with van der Waals surface area (Å²) in [6, 6.07) is 7.76. The van der Waals surface area contributed by atoms with E-state index in [1.54, 1.807) is 0 Å². The van der Waals surface area contributed by atoms with E-state index in [2.05, 4.69) is 6.92 Å². The van der Waals surface area contributed by atoms with Gasteiger partial charge in [0.05, 0.1) is 6.92 Å². The van der Waals surface area contributed by atoms with E-state index < -0.39 is 0 Å². The first-order valence-electron chi connectivity index (χ1n) is 2.96. The van der Waals surface area contributed by atoms with Gasteiger partial charge in [0, 0.05) is 5.69 Å². The molecule has 2 N–H and O–H groups in total. The lowest BCUT2D eigenvalue weighted by Crippen LogP contribution is -1.84. The van der Waals surface area contributed by atoms with Crippen LogP contribution in [0.25, 0.3) is 0 Å². The molecule has 0 aliphatic rings. The van der Waals surface area contributed by atoms with E-state index in [1.807, 2.05) is 24.3 Å². The molecular formula is C8H10N+. The quantitative estimate of drug-likeness (QED) is 0.442. The molecule has 0 fully saturated rings. The topological polar surface area (TPSA) is 26.0 Å². The number of benzene rings is 1. The van der Waals surface area contributed by atoms with Crippen LogP contribution in [0, 0.1) is 6.92 Å². The molecule has 0 radical (unpaired) electrons. The Balaban J connectivity index is 2.88. The van der Waals surface area contributed by atoms with Gasteiger partial charge in [-0.25, -0.2) is 0 Å². The summed E-state index contributed by atoms with van der Waals surface area (Å²) in [4.78, 5) is 0. The lowest BCUT2D eigenvalue weighted by atomic mass is 10.2. The predicted octanol–water partition coefficient (Wildman–Crippen LogP) is 1.65. The molecule has 0 amide bonds. The molecule has 1 aromatic rings. The first-order valence-corrected chi connectivity index (χ1v) is 2.96. The van der Waals surface area contributed by atoms with E-state index in [0.29, 0.717) is 0 Å². The Morgan fingerprint density at radius 2 is 1.78 bits per heavy atom. The highest BCUT2D eigenvalue weighted by Gasteiger charge is 1.89. The van der Waals surface area contributed by atoms with Gasteiger partial charge >= 0.3 is 0 Å². The van der Waals surface area contributed by atoms with Gasteiger partial charge in [0.1, 0.15) is 6.42 Å². The van der Waals surface area contributed by atoms with Crippen LogP contribution in [0.1, 0.15) is 5.56 Å². The van der Waals surface area contributed by atoms with E-state index in [0.717, 1.165) is 12.1 Å². The summed E-state index contributed by atoms with van der Waals surface area (Å²) >= 11 is 0. The standard InChI is InChI=1S/C8H10N/c1-2-7-3-5-8(9)6-4-7/h3-6H,1-2,9H2/q+1. The molecule has 1 rings (SSSR count). The maximum Gasteiger partial charge on any atom is 0.110 e. The third-order valence-electron chi connectivity index (χ3n) is 1.27. The molecule has 1 nitrogen and oxygen atoms in total. The van der Waals surface area contributed by atoms with Crippen LogP contribution in [-0.2, 0) is 6.42 Å². The predicted molar refractivity (Wildman–Crippen MR) is 39.9 cm³/mol. The Hall–Kier alpha value is -1.11. The Morgan fingerprint density at radius 3 is 2.22 bits per heavy atom. The second kappa shape index (κ2) is 2.44. The van der Waals surface area contributed by atoms with E-state index >= 15 is 0 Å². The summed E-state index contributed by atoms with van der Waals surface area (Å²) in [5.74, 6) is 0. The summed E-state index contributed by atoms with van der Waals surface area (Å²) in [7, 11) is 0. The summed E-state index contributed by atoms with van der Waals surface area (Å²) in [6.07, 6.45) is 0.834. The highest BCUT2D eigenvalue weighted by atomic mass is 14.5. The minimum atomic E-state index is 0.812. The molecule has 0 unspecified atom stereocenters. The molecule has 0 aromatic heterocycles. The highest BCUT2D eigenvalue weighted by molar-refractivity contribution is 5.39. The molecule has 0 saturated carbocycles. The summed E-state index contributed by atoms with van der Waals surface area (Å²) in [6.45, 7) is 3.74. The third-order valence-corrected chi connectivity index (χ3v) is 1.27. The number of nitrogens with two attached hydrogens (primary N) is 1. The van der Waals surface area contributed by atoms with Crippen molar-refractivity contribution in [3.8, 4) is 0 Å². The van der Waals surface area contributed by atoms with Crippen LogP contribution in [0.15, 0.2) is 24.3 Å². The molecule has 1 aromatic carbocycles. The van der Waals surface area contributed by atoms with Gasteiger partial charge < -0.3 is 5.73 Å². The van der Waals surface area contributed by atoms with E-state index in [9.17, 15) is 0 Å². The fourth-order valence-electron chi connectivity index (χ4n) is 0.684. The molecule has 0 aliphatic carbocycles. The maximum atomic E-state index is 5.46. The SMILES string of the molecule is [CH2+]Cc1ccc(N)cc1. The van der Waals surface area contributed by atoms with Crippen molar-refractivity contribution in [2.75, 3.05) is 5.73 Å². The molecule has 1 heteroatoms. The number of nitrogen functional groups attached to an aromatic ring is 1. The van der Waals surface area contributed by atoms with Gasteiger partial charge in [-0.1, -0.05) is 12.1 Å². The number of anilines is 1. The first-order chi connectivity index (χ1) is 4.33. The van der Waals surface area contributed by atoms with Crippen molar-refractivity contribution in [1.82, 2.24) is 0 Å². The molecule has 0 bridgehead atoms. The zero-order valence-corrected chi connectivity index (χ0v) is 5.30. The molecular weight excluding hydrogens is 110 g/mol. The van der Waals surface area contributed by atoms with E-state index in [-0.39, 0.29) is 0 Å². The Bertz CT molecular complexity index is 176. The van der Waals surface area contributed by atoms with Crippen molar-refractivity contribution < 1.29 is 0 Å². The van der Waals surface area contributed by atoms with Crippen LogP contribution in [-0.4, -0.2) is 0 Å². The smallest absolute Gasteiger partial charge is 0.110 e. The average Bonchev–Trinajstić information content (AvgIpc) is 1.90. The Labute approximate surface area is 55.5 Å². The van der Waals surface area contributed by atoms with Gasteiger partial charge in [0.15, 0.2) is 0 Å². The third kappa shape index (κ3) is 1.39. The average molecular weight is 120 g/mol. The molecule has 0 spiro atoms. The fraction of sp³-hybridized carbons (Fsp3) is 0.125. The van der Waals surface area contributed by atoms with E-state index in [1.165, 1.54) is 5.56 Å². The van der Waals surface area contributed by atoms with Crippen LogP contribution >= 0.6 is 0 Å². The second-order valence-corrected chi connectivity index (χ2v) is 1.99. The largest absolute Gasteiger partial charge is 0.399 e. The first kappa shape index (κ1) is 6.02. The lowest BCUT2D eigenvalue weighted by Gasteiger charge is -1.91. The minimum absolute atomic E-state index is 0.812. The lowest BCUT2D eigenvalue weighted by molar-refractivity contribution is 1.27. The number of hydrogen-bond acceptors (Lipinski definition) is 1. The molecule has 0 heterocycles. The van der Waals surface area contributed by atoms with Crippen LogP contribution < -0.4 is 5.73 Å². The maximum absolute atomic E-state index is 5.46. The minimum Gasteiger partial charge on any atom is -0.399 e. The van der Waals surface area contributed by atoms with E-state index in [4.69, 9.17) is 5.73 Å². The van der Waals surface area contributed by atoms with Crippen LogP contribution in [0.4, 0.5) is 5.69 Å². The van der Waals surface area contributed by atoms with Gasteiger partial charge in [-0.05, 0) is 17.7 Å². The molecule has 0 aliphatic heterocycles. The fourth-order valence-corrected chi connectivity index (χ4v) is 0.684. The van der Waals surface area contributed by atoms with Crippen molar-refractivity contribution in [3.05, 3.63) is 36.8 Å². The number of hydrogen-bond donors (Lipinski definition) is 1. The molecule has 9 heavy (non-hydrogen) atoms. The monoisotopic (exact) mass is 120 g/mol. The van der Waals surface area contributed by atoms with Crippen molar-refractivity contribution in [2.45, 2.75) is 6.42 Å². The molecule has 0 atom stereocenters. The highest BCUT2D eigenvalue weighted by Crippen LogP contribution is 2.04. The molecule has 46 valence electrons.